The van der Waals surface area contributed by atoms with E-state index in [9.17, 15) is 14.7 Å². The monoisotopic (exact) mass is 380 g/mol. The molecule has 8 heteroatoms. The molecular formula is C19H32N4O4. The number of aliphatic hydroxyl groups is 2. The number of unbranched alkanes of at least 4 members (excludes halogenated alkanes) is 7. The molecule has 0 saturated carbocycles. The van der Waals surface area contributed by atoms with Crippen LogP contribution >= 0.6 is 0 Å². The first kappa shape index (κ1) is 21.4. The quantitative estimate of drug-likeness (QED) is 0.540. The number of hydrogen-bond acceptors (Lipinski definition) is 5. The third-order valence-corrected chi connectivity index (χ3v) is 5.08. The van der Waals surface area contributed by atoms with Crippen molar-refractivity contribution in [3.63, 3.8) is 0 Å². The van der Waals surface area contributed by atoms with E-state index in [1.807, 2.05) is 0 Å². The minimum Gasteiger partial charge on any atom is -0.394 e. The summed E-state index contributed by atoms with van der Waals surface area (Å²) in [4.78, 5) is 29.1. The number of fused-ring (bicyclic) bond motifs is 1. The highest BCUT2D eigenvalue weighted by Gasteiger charge is 2.14. The predicted octanol–water partition coefficient (Wildman–Crippen LogP) is 1.30. The molecule has 1 unspecified atom stereocenters. The van der Waals surface area contributed by atoms with Gasteiger partial charge in [0.15, 0.2) is 11.2 Å². The average molecular weight is 380 g/mol. The van der Waals surface area contributed by atoms with E-state index < -0.39 is 6.10 Å². The van der Waals surface area contributed by atoms with E-state index in [1.54, 1.807) is 25.0 Å². The summed E-state index contributed by atoms with van der Waals surface area (Å²) in [5, 5.41) is 18.0. The van der Waals surface area contributed by atoms with E-state index in [2.05, 4.69) is 4.98 Å². The molecule has 2 rings (SSSR count). The summed E-state index contributed by atoms with van der Waals surface area (Å²) in [6.45, 7) is 0.283. The van der Waals surface area contributed by atoms with Crippen LogP contribution in [0.15, 0.2) is 15.9 Å². The summed E-state index contributed by atoms with van der Waals surface area (Å²) in [6, 6.07) is 0. The van der Waals surface area contributed by atoms with Crippen molar-refractivity contribution in [1.82, 2.24) is 18.7 Å². The van der Waals surface area contributed by atoms with Gasteiger partial charge in [-0.1, -0.05) is 44.9 Å². The molecule has 1 atom stereocenters. The lowest BCUT2D eigenvalue weighted by atomic mass is 10.1. The Morgan fingerprint density at radius 1 is 1.00 bits per heavy atom. The van der Waals surface area contributed by atoms with Gasteiger partial charge in [-0.05, 0) is 12.8 Å². The van der Waals surface area contributed by atoms with E-state index in [1.165, 1.54) is 9.13 Å². The maximum Gasteiger partial charge on any atom is 0.332 e. The summed E-state index contributed by atoms with van der Waals surface area (Å²) >= 11 is 0. The van der Waals surface area contributed by atoms with Gasteiger partial charge in [0.25, 0.3) is 5.56 Å². The standard InChI is InChI=1S/C19H32N4O4/c1-21-14-20-17-16(21)18(26)23(19(27)22(17)2)12-10-8-6-4-3-5-7-9-11-15(25)13-24/h14-15,24-25H,3-13H2,1-2H3. The van der Waals surface area contributed by atoms with Crippen molar-refractivity contribution in [1.29, 1.82) is 0 Å². The number of nitrogens with zero attached hydrogens (tertiary/aromatic N) is 4. The normalized spacial score (nSPS) is 12.7. The van der Waals surface area contributed by atoms with Crippen molar-refractivity contribution in [3.8, 4) is 0 Å². The van der Waals surface area contributed by atoms with Gasteiger partial charge in [0.1, 0.15) is 0 Å². The van der Waals surface area contributed by atoms with Gasteiger partial charge in [0.05, 0.1) is 19.0 Å². The molecule has 0 aromatic carbocycles. The Balaban J connectivity index is 1.71. The molecule has 0 amide bonds. The SMILES string of the molecule is Cn1cnc2c1c(=O)n(CCCCCCCCCCC(O)CO)c(=O)n2C. The Hall–Kier alpha value is -1.93. The molecule has 2 aromatic heterocycles. The van der Waals surface area contributed by atoms with Gasteiger partial charge in [-0.2, -0.15) is 0 Å². The average Bonchev–Trinajstić information content (AvgIpc) is 3.05. The van der Waals surface area contributed by atoms with Crippen LogP contribution in [0.3, 0.4) is 0 Å². The number of aromatic nitrogens is 4. The van der Waals surface area contributed by atoms with E-state index in [4.69, 9.17) is 5.11 Å². The van der Waals surface area contributed by atoms with Gasteiger partial charge in [0.2, 0.25) is 0 Å². The Kier molecular flexibility index (Phi) is 8.24. The first-order valence-corrected chi connectivity index (χ1v) is 9.87. The fourth-order valence-corrected chi connectivity index (χ4v) is 3.40. The largest absolute Gasteiger partial charge is 0.394 e. The predicted molar refractivity (Wildman–Crippen MR) is 105 cm³/mol. The van der Waals surface area contributed by atoms with Crippen molar-refractivity contribution in [3.05, 3.63) is 27.2 Å². The van der Waals surface area contributed by atoms with Crippen molar-refractivity contribution < 1.29 is 10.2 Å². The maximum absolute atomic E-state index is 12.6. The molecule has 0 aliphatic carbocycles. The van der Waals surface area contributed by atoms with E-state index >= 15 is 0 Å². The van der Waals surface area contributed by atoms with Crippen molar-refractivity contribution in [2.75, 3.05) is 6.61 Å². The Morgan fingerprint density at radius 3 is 2.22 bits per heavy atom. The van der Waals surface area contributed by atoms with Crippen LogP contribution < -0.4 is 11.2 Å². The van der Waals surface area contributed by atoms with Crippen LogP contribution in [-0.4, -0.2) is 41.6 Å². The summed E-state index contributed by atoms with van der Waals surface area (Å²) < 4.78 is 4.41. The van der Waals surface area contributed by atoms with Crippen LogP contribution in [0.25, 0.3) is 11.2 Å². The van der Waals surface area contributed by atoms with E-state index in [-0.39, 0.29) is 17.9 Å². The van der Waals surface area contributed by atoms with Crippen LogP contribution in [0.4, 0.5) is 0 Å². The minimum absolute atomic E-state index is 0.153. The number of aryl methyl sites for hydroxylation is 2. The second kappa shape index (κ2) is 10.4. The molecule has 0 spiro atoms. The first-order chi connectivity index (χ1) is 13.0. The molecule has 2 heterocycles. The summed E-state index contributed by atoms with van der Waals surface area (Å²) in [5.74, 6) is 0. The summed E-state index contributed by atoms with van der Waals surface area (Å²) in [7, 11) is 3.41. The molecule has 0 saturated heterocycles. The molecule has 0 radical (unpaired) electrons. The molecule has 2 N–H and O–H groups in total. The highest BCUT2D eigenvalue weighted by molar-refractivity contribution is 5.69. The second-order valence-electron chi connectivity index (χ2n) is 7.28. The molecule has 0 aliphatic rings. The minimum atomic E-state index is -0.577. The van der Waals surface area contributed by atoms with Crippen LogP contribution in [0.5, 0.6) is 0 Å². The fraction of sp³-hybridized carbons (Fsp3) is 0.737. The molecule has 0 fully saturated rings. The number of aliphatic hydroxyl groups excluding tert-OH is 2. The van der Waals surface area contributed by atoms with Gasteiger partial charge in [-0.25, -0.2) is 9.78 Å². The zero-order valence-electron chi connectivity index (χ0n) is 16.4. The highest BCUT2D eigenvalue weighted by Crippen LogP contribution is 2.11. The fourth-order valence-electron chi connectivity index (χ4n) is 3.40. The van der Waals surface area contributed by atoms with Crippen molar-refractivity contribution in [2.24, 2.45) is 14.1 Å². The third kappa shape index (κ3) is 5.52. The van der Waals surface area contributed by atoms with Gasteiger partial charge < -0.3 is 14.8 Å². The van der Waals surface area contributed by atoms with Crippen LogP contribution in [0.1, 0.15) is 57.8 Å². The zero-order valence-corrected chi connectivity index (χ0v) is 16.4. The molecular weight excluding hydrogens is 348 g/mol. The highest BCUT2D eigenvalue weighted by atomic mass is 16.3. The van der Waals surface area contributed by atoms with Gasteiger partial charge in [0, 0.05) is 20.6 Å². The van der Waals surface area contributed by atoms with Gasteiger partial charge in [-0.15, -0.1) is 0 Å². The Bertz CT molecular complexity index is 837. The number of rotatable bonds is 12. The molecule has 2 aromatic rings. The zero-order chi connectivity index (χ0) is 19.8. The Labute approximate surface area is 159 Å². The van der Waals surface area contributed by atoms with E-state index in [0.29, 0.717) is 24.1 Å². The molecule has 0 aliphatic heterocycles. The van der Waals surface area contributed by atoms with E-state index in [0.717, 1.165) is 51.4 Å². The molecule has 27 heavy (non-hydrogen) atoms. The number of imidazole rings is 1. The van der Waals surface area contributed by atoms with Crippen molar-refractivity contribution in [2.45, 2.75) is 70.4 Å². The number of hydrogen-bond donors (Lipinski definition) is 2. The van der Waals surface area contributed by atoms with Crippen molar-refractivity contribution >= 4 is 11.2 Å². The first-order valence-electron chi connectivity index (χ1n) is 9.87. The summed E-state index contributed by atoms with van der Waals surface area (Å²) in [6.07, 6.45) is 9.97. The molecule has 152 valence electrons. The smallest absolute Gasteiger partial charge is 0.332 e. The Morgan fingerprint density at radius 2 is 1.59 bits per heavy atom. The third-order valence-electron chi connectivity index (χ3n) is 5.08. The molecule has 8 nitrogen and oxygen atoms in total. The maximum atomic E-state index is 12.6. The topological polar surface area (TPSA) is 102 Å². The second-order valence-corrected chi connectivity index (χ2v) is 7.28. The van der Waals surface area contributed by atoms with Crippen LogP contribution in [-0.2, 0) is 20.6 Å². The molecule has 0 bridgehead atoms. The lowest BCUT2D eigenvalue weighted by molar-refractivity contribution is 0.0860. The lowest BCUT2D eigenvalue weighted by Gasteiger charge is -2.09. The van der Waals surface area contributed by atoms with Crippen LogP contribution in [0.2, 0.25) is 0 Å². The lowest BCUT2D eigenvalue weighted by Crippen LogP contribution is -2.39. The summed E-state index contributed by atoms with van der Waals surface area (Å²) in [5.41, 5.74) is 0.313. The van der Waals surface area contributed by atoms with Gasteiger partial charge >= 0.3 is 5.69 Å². The van der Waals surface area contributed by atoms with Gasteiger partial charge in [-0.3, -0.25) is 13.9 Å². The van der Waals surface area contributed by atoms with Crippen LogP contribution in [0, 0.1) is 0 Å².